The molecule has 13 nitrogen and oxygen atoms in total. The number of ketones is 1. The Morgan fingerprint density at radius 1 is 0.912 bits per heavy atom. The van der Waals surface area contributed by atoms with Crippen molar-refractivity contribution in [3.63, 3.8) is 0 Å². The van der Waals surface area contributed by atoms with Crippen LogP contribution in [0.1, 0.15) is 11.1 Å². The Morgan fingerprint density at radius 3 is 2.03 bits per heavy atom. The number of hydrogen-bond acceptors (Lipinski definition) is 8. The van der Waals surface area contributed by atoms with Crippen LogP contribution in [0.25, 0.3) is 6.08 Å². The van der Waals surface area contributed by atoms with Gasteiger partial charge in [0.2, 0.25) is 5.78 Å². The second-order valence-corrected chi connectivity index (χ2v) is 9.02. The van der Waals surface area contributed by atoms with E-state index in [-0.39, 0.29) is 95.8 Å². The average Bonchev–Trinajstić information content (AvgIpc) is 2.61. The summed E-state index contributed by atoms with van der Waals surface area (Å²) in [6.07, 6.45) is 2.44. The monoisotopic (exact) mass is 587 g/mol. The molecule has 2 aromatic rings. The molecule has 10 N–H and O–H groups in total. The molecule has 0 unspecified atom stereocenters. The van der Waals surface area contributed by atoms with E-state index in [1.165, 1.54) is 12.1 Å². The Hall–Kier alpha value is -1.36. The minimum atomic E-state index is -4.78. The van der Waals surface area contributed by atoms with Crippen molar-refractivity contribution in [1.29, 1.82) is 0 Å². The molecule has 182 valence electrons. The van der Waals surface area contributed by atoms with Gasteiger partial charge in [0.1, 0.15) is 16.3 Å². The number of benzene rings is 2. The van der Waals surface area contributed by atoms with Crippen molar-refractivity contribution >= 4 is 55.1 Å². The van der Waals surface area contributed by atoms with Crippen molar-refractivity contribution < 1.29 is 99.2 Å². The van der Waals surface area contributed by atoms with Crippen molar-refractivity contribution in [3.05, 3.63) is 52.6 Å². The van der Waals surface area contributed by atoms with Gasteiger partial charge >= 0.3 is 29.6 Å². The fourth-order valence-electron chi connectivity index (χ4n) is 2.52. The van der Waals surface area contributed by atoms with Crippen LogP contribution >= 0.6 is 11.6 Å². The molecule has 0 heterocycles. The third-order valence-corrected chi connectivity index (χ3v) is 5.76. The first kappa shape index (κ1) is 37.2. The largest absolute Gasteiger partial charge is 1.00 e. The standard InChI is InChI=1S/C16H11ClN2O8S2.Cr.Na.3H2O/c17-9-6-12(16(21)14(7-9)29(25,26)27)18-19-15-11-3-2-10(28(22,23)24)5-8(11)1-4-13(15)20;;;;;/h1-7,18,21H,(H,22,23,24)(H,25,26,27);;;3*1H2/q;;+1;;;. The SMILES string of the molecule is O.O.O.O=C1C=Cc2cc(S(=O)(=O)O)ccc2C1=NNc1cc(Cl)cc(S(=O)(=O)O)c1O.[Cr].[Na+]. The summed E-state index contributed by atoms with van der Waals surface area (Å²) in [7, 11) is -9.24. The van der Waals surface area contributed by atoms with Gasteiger partial charge in [0.05, 0.1) is 4.90 Å². The Labute approximate surface area is 231 Å². The van der Waals surface area contributed by atoms with Gasteiger partial charge in [-0.25, -0.2) is 0 Å². The molecular formula is C16H17ClCrN2NaO11S2+. The van der Waals surface area contributed by atoms with E-state index in [0.29, 0.717) is 0 Å². The number of halogens is 1. The second-order valence-electron chi connectivity index (χ2n) is 5.77. The van der Waals surface area contributed by atoms with E-state index < -0.39 is 36.7 Å². The number of nitrogens with one attached hydrogen (secondary N) is 1. The summed E-state index contributed by atoms with van der Waals surface area (Å²) in [4.78, 5) is 10.9. The fourth-order valence-corrected chi connectivity index (χ4v) is 3.95. The summed E-state index contributed by atoms with van der Waals surface area (Å²) >= 11 is 5.79. The average molecular weight is 588 g/mol. The molecule has 0 atom stereocenters. The zero-order valence-electron chi connectivity index (χ0n) is 17.0. The normalized spacial score (nSPS) is 13.1. The Morgan fingerprint density at radius 2 is 1.50 bits per heavy atom. The number of phenols is 1. The molecule has 2 aromatic carbocycles. The van der Waals surface area contributed by atoms with Gasteiger partial charge in [-0.2, -0.15) is 21.9 Å². The first-order valence-corrected chi connectivity index (χ1v) is 10.8. The minimum absolute atomic E-state index is 0. The predicted molar refractivity (Wildman–Crippen MR) is 114 cm³/mol. The van der Waals surface area contributed by atoms with Crippen LogP contribution in [0.15, 0.2) is 51.3 Å². The van der Waals surface area contributed by atoms with E-state index in [2.05, 4.69) is 10.5 Å². The van der Waals surface area contributed by atoms with Crippen LogP contribution < -0.4 is 35.0 Å². The maximum atomic E-state index is 12.2. The molecule has 0 aliphatic heterocycles. The summed E-state index contributed by atoms with van der Waals surface area (Å²) in [5, 5.41) is 13.7. The molecule has 0 radical (unpaired) electrons. The van der Waals surface area contributed by atoms with E-state index in [4.69, 9.17) is 20.7 Å². The maximum Gasteiger partial charge on any atom is 1.00 e. The minimum Gasteiger partial charge on any atom is -0.504 e. The summed E-state index contributed by atoms with van der Waals surface area (Å²) in [5.74, 6) is -1.44. The predicted octanol–water partition coefficient (Wildman–Crippen LogP) is -3.52. The maximum absolute atomic E-state index is 12.2. The number of allylic oxidation sites excluding steroid dienone is 1. The number of hydrogen-bond donors (Lipinski definition) is 4. The number of rotatable bonds is 4. The van der Waals surface area contributed by atoms with Crippen LogP contribution in [0.2, 0.25) is 5.02 Å². The fraction of sp³-hybridized carbons (Fsp3) is 0. The van der Waals surface area contributed by atoms with Crippen LogP contribution in [0.5, 0.6) is 5.75 Å². The molecular weight excluding hydrogens is 571 g/mol. The first-order valence-electron chi connectivity index (χ1n) is 7.56. The van der Waals surface area contributed by atoms with Gasteiger partial charge in [0.25, 0.3) is 20.2 Å². The van der Waals surface area contributed by atoms with Crippen molar-refractivity contribution in [2.75, 3.05) is 5.43 Å². The van der Waals surface area contributed by atoms with Crippen LogP contribution in [0, 0.1) is 0 Å². The topological polar surface area (TPSA) is 265 Å². The summed E-state index contributed by atoms with van der Waals surface area (Å²) in [5.41, 5.74) is 2.30. The molecule has 0 aromatic heterocycles. The zero-order valence-corrected chi connectivity index (χ0v) is 22.6. The molecule has 0 amide bonds. The quantitative estimate of drug-likeness (QED) is 0.119. The van der Waals surface area contributed by atoms with Gasteiger partial charge in [-0.15, -0.1) is 0 Å². The molecule has 0 fully saturated rings. The molecule has 0 bridgehead atoms. The van der Waals surface area contributed by atoms with Gasteiger partial charge < -0.3 is 21.5 Å². The second kappa shape index (κ2) is 13.7. The van der Waals surface area contributed by atoms with Crippen molar-refractivity contribution in [2.45, 2.75) is 9.79 Å². The van der Waals surface area contributed by atoms with E-state index in [1.807, 2.05) is 0 Å². The molecule has 18 heteroatoms. The third kappa shape index (κ3) is 8.10. The molecule has 0 saturated heterocycles. The van der Waals surface area contributed by atoms with E-state index in [9.17, 15) is 26.7 Å². The van der Waals surface area contributed by atoms with E-state index in [0.717, 1.165) is 30.3 Å². The van der Waals surface area contributed by atoms with Crippen molar-refractivity contribution in [2.24, 2.45) is 5.10 Å². The smallest absolute Gasteiger partial charge is 0.504 e. The number of hydrazone groups is 1. The number of phenolic OH excluding ortho intramolecular Hbond substituents is 1. The molecule has 34 heavy (non-hydrogen) atoms. The van der Waals surface area contributed by atoms with Gasteiger partial charge in [-0.3, -0.25) is 19.3 Å². The molecule has 0 spiro atoms. The number of anilines is 1. The zero-order chi connectivity index (χ0) is 21.6. The summed E-state index contributed by atoms with van der Waals surface area (Å²) in [6, 6.07) is 5.40. The number of carbonyl (C=O) groups is 1. The molecule has 1 aliphatic rings. The molecule has 0 saturated carbocycles. The third-order valence-electron chi connectivity index (χ3n) is 3.83. The van der Waals surface area contributed by atoms with Crippen molar-refractivity contribution in [3.8, 4) is 5.75 Å². The van der Waals surface area contributed by atoms with Crippen LogP contribution in [0.3, 0.4) is 0 Å². The number of aromatic hydroxyl groups is 1. The number of nitrogens with zero attached hydrogens (tertiary/aromatic N) is 1. The molecule has 3 rings (SSSR count). The van der Waals surface area contributed by atoms with E-state index >= 15 is 0 Å². The van der Waals surface area contributed by atoms with Crippen LogP contribution in [-0.4, -0.2) is 59.0 Å². The Kier molecular flexibility index (Phi) is 14.9. The van der Waals surface area contributed by atoms with Crippen LogP contribution in [0.4, 0.5) is 5.69 Å². The summed E-state index contributed by atoms with van der Waals surface area (Å²) < 4.78 is 63.5. The number of fused-ring (bicyclic) bond motifs is 1. The van der Waals surface area contributed by atoms with Gasteiger partial charge in [-0.1, -0.05) is 23.7 Å². The number of carbonyl (C=O) groups excluding carboxylic acids is 1. The Balaban J connectivity index is -0.00000192. The van der Waals surface area contributed by atoms with Gasteiger partial charge in [0.15, 0.2) is 5.75 Å². The van der Waals surface area contributed by atoms with Gasteiger partial charge in [0, 0.05) is 27.9 Å². The molecule has 1 aliphatic carbocycles. The first-order chi connectivity index (χ1) is 13.4. The van der Waals surface area contributed by atoms with Gasteiger partial charge in [-0.05, 0) is 35.9 Å². The van der Waals surface area contributed by atoms with Crippen molar-refractivity contribution in [1.82, 2.24) is 0 Å². The van der Waals surface area contributed by atoms with Crippen LogP contribution in [-0.2, 0) is 42.4 Å². The Bertz CT molecular complexity index is 1330. The van der Waals surface area contributed by atoms with E-state index in [1.54, 1.807) is 0 Å². The summed E-state index contributed by atoms with van der Waals surface area (Å²) in [6.45, 7) is 0.